The summed E-state index contributed by atoms with van der Waals surface area (Å²) < 4.78 is 4.98. The van der Waals surface area contributed by atoms with E-state index in [9.17, 15) is 0 Å². The van der Waals surface area contributed by atoms with Crippen LogP contribution in [-0.2, 0) is 4.74 Å². The Morgan fingerprint density at radius 2 is 2.18 bits per heavy atom. The maximum Gasteiger partial charge on any atom is 0.145 e. The van der Waals surface area contributed by atoms with Gasteiger partial charge in [0.1, 0.15) is 17.6 Å². The van der Waals surface area contributed by atoms with Gasteiger partial charge in [0.15, 0.2) is 0 Å². The van der Waals surface area contributed by atoms with Gasteiger partial charge in [-0.05, 0) is 37.8 Å². The molecule has 0 spiro atoms. The highest BCUT2D eigenvalue weighted by molar-refractivity contribution is 5.42. The van der Waals surface area contributed by atoms with Gasteiger partial charge in [-0.2, -0.15) is 5.26 Å². The Morgan fingerprint density at radius 3 is 2.88 bits per heavy atom. The highest BCUT2D eigenvalue weighted by atomic mass is 16.5. The summed E-state index contributed by atoms with van der Waals surface area (Å²) in [4.78, 5) is 4.23. The normalized spacial score (nSPS) is 9.94. The van der Waals surface area contributed by atoms with Crippen LogP contribution >= 0.6 is 0 Å². The van der Waals surface area contributed by atoms with Gasteiger partial charge in [-0.3, -0.25) is 0 Å². The maximum atomic E-state index is 8.86. The van der Waals surface area contributed by atoms with Crippen LogP contribution in [0.5, 0.6) is 0 Å². The summed E-state index contributed by atoms with van der Waals surface area (Å²) in [7, 11) is 1.72. The van der Waals surface area contributed by atoms with Crippen molar-refractivity contribution in [3.63, 3.8) is 0 Å². The lowest BCUT2D eigenvalue weighted by atomic mass is 10.2. The van der Waals surface area contributed by atoms with Gasteiger partial charge in [-0.25, -0.2) is 4.98 Å². The Kier molecular flexibility index (Phi) is 6.05. The average Bonchev–Trinajstić information content (AvgIpc) is 2.35. The lowest BCUT2D eigenvalue weighted by Crippen LogP contribution is -2.05. The Labute approximate surface area is 103 Å². The number of rotatable bonds is 7. The zero-order valence-corrected chi connectivity index (χ0v) is 10.5. The molecule has 92 valence electrons. The van der Waals surface area contributed by atoms with Gasteiger partial charge in [0.25, 0.3) is 0 Å². The first-order valence-corrected chi connectivity index (χ1v) is 5.88. The molecule has 0 aromatic carbocycles. The van der Waals surface area contributed by atoms with Crippen molar-refractivity contribution in [2.24, 2.45) is 0 Å². The molecule has 0 atom stereocenters. The number of aryl methyl sites for hydroxylation is 1. The summed E-state index contributed by atoms with van der Waals surface area (Å²) >= 11 is 0. The molecule has 1 aromatic heterocycles. The molecule has 4 nitrogen and oxygen atoms in total. The number of ether oxygens (including phenoxy) is 1. The van der Waals surface area contributed by atoms with E-state index < -0.39 is 0 Å². The predicted octanol–water partition coefficient (Wildman–Crippen LogP) is 2.49. The van der Waals surface area contributed by atoms with Crippen LogP contribution in [-0.4, -0.2) is 25.2 Å². The van der Waals surface area contributed by atoms with Crippen LogP contribution in [0.4, 0.5) is 5.82 Å². The van der Waals surface area contributed by atoms with E-state index in [2.05, 4.69) is 16.4 Å². The van der Waals surface area contributed by atoms with Crippen LogP contribution in [0.2, 0.25) is 0 Å². The van der Waals surface area contributed by atoms with Gasteiger partial charge < -0.3 is 10.1 Å². The minimum atomic E-state index is 0.495. The minimum Gasteiger partial charge on any atom is -0.385 e. The van der Waals surface area contributed by atoms with Crippen LogP contribution in [0, 0.1) is 18.3 Å². The number of unbranched alkanes of at least 4 members (excludes halogenated alkanes) is 2. The highest BCUT2D eigenvalue weighted by Gasteiger charge is 2.00. The second kappa shape index (κ2) is 7.64. The second-order valence-corrected chi connectivity index (χ2v) is 3.95. The monoisotopic (exact) mass is 233 g/mol. The van der Waals surface area contributed by atoms with E-state index in [-0.39, 0.29) is 0 Å². The van der Waals surface area contributed by atoms with E-state index >= 15 is 0 Å². The first kappa shape index (κ1) is 13.5. The van der Waals surface area contributed by atoms with E-state index in [1.807, 2.05) is 19.1 Å². The first-order chi connectivity index (χ1) is 8.27. The molecule has 1 heterocycles. The number of nitrogens with one attached hydrogen (secondary N) is 1. The molecule has 0 saturated heterocycles. The third-order valence-corrected chi connectivity index (χ3v) is 2.53. The Hall–Kier alpha value is -1.60. The highest BCUT2D eigenvalue weighted by Crippen LogP contribution is 2.09. The van der Waals surface area contributed by atoms with Crippen molar-refractivity contribution >= 4 is 5.82 Å². The minimum absolute atomic E-state index is 0.495. The van der Waals surface area contributed by atoms with Gasteiger partial charge in [0, 0.05) is 20.3 Å². The smallest absolute Gasteiger partial charge is 0.145 e. The average molecular weight is 233 g/mol. The second-order valence-electron chi connectivity index (χ2n) is 3.95. The van der Waals surface area contributed by atoms with Gasteiger partial charge in [0.05, 0.1) is 0 Å². The summed E-state index contributed by atoms with van der Waals surface area (Å²) in [5.41, 5.74) is 1.41. The largest absolute Gasteiger partial charge is 0.385 e. The molecule has 0 aliphatic heterocycles. The Morgan fingerprint density at radius 1 is 1.35 bits per heavy atom. The number of hydrogen-bond acceptors (Lipinski definition) is 4. The molecular formula is C13H19N3O. The number of methoxy groups -OCH3 is 1. The van der Waals surface area contributed by atoms with Gasteiger partial charge in [-0.1, -0.05) is 6.07 Å². The number of pyridine rings is 1. The van der Waals surface area contributed by atoms with Crippen molar-refractivity contribution in [2.75, 3.05) is 25.6 Å². The SMILES string of the molecule is COCCCCCNc1ccc(C)c(C#N)n1. The Balaban J connectivity index is 2.30. The van der Waals surface area contributed by atoms with Crippen molar-refractivity contribution in [3.05, 3.63) is 23.4 Å². The standard InChI is InChI=1S/C13H19N3O/c1-11-6-7-13(16-12(11)10-14)15-8-4-3-5-9-17-2/h6-7H,3-5,8-9H2,1-2H3,(H,15,16). The summed E-state index contributed by atoms with van der Waals surface area (Å²) in [5, 5.41) is 12.1. The van der Waals surface area contributed by atoms with Crippen LogP contribution in [0.1, 0.15) is 30.5 Å². The zero-order valence-electron chi connectivity index (χ0n) is 10.5. The van der Waals surface area contributed by atoms with Crippen molar-refractivity contribution in [1.29, 1.82) is 5.26 Å². The summed E-state index contributed by atoms with van der Waals surface area (Å²) in [6.45, 7) is 3.59. The topological polar surface area (TPSA) is 57.9 Å². The molecule has 0 fully saturated rings. The van der Waals surface area contributed by atoms with E-state index in [0.717, 1.165) is 43.8 Å². The van der Waals surface area contributed by atoms with E-state index in [4.69, 9.17) is 10.00 Å². The van der Waals surface area contributed by atoms with Crippen LogP contribution in [0.3, 0.4) is 0 Å². The van der Waals surface area contributed by atoms with Gasteiger partial charge >= 0.3 is 0 Å². The lowest BCUT2D eigenvalue weighted by molar-refractivity contribution is 0.192. The first-order valence-electron chi connectivity index (χ1n) is 5.88. The van der Waals surface area contributed by atoms with E-state index in [1.54, 1.807) is 7.11 Å². The lowest BCUT2D eigenvalue weighted by Gasteiger charge is -2.06. The van der Waals surface area contributed by atoms with Gasteiger partial charge in [-0.15, -0.1) is 0 Å². The molecule has 0 saturated carbocycles. The number of nitrogens with zero attached hydrogens (tertiary/aromatic N) is 2. The fourth-order valence-electron chi connectivity index (χ4n) is 1.51. The molecule has 1 rings (SSSR count). The molecule has 1 aromatic rings. The molecule has 0 aliphatic rings. The summed E-state index contributed by atoms with van der Waals surface area (Å²) in [6.07, 6.45) is 3.31. The molecule has 0 aliphatic carbocycles. The molecule has 4 heteroatoms. The quantitative estimate of drug-likeness (QED) is 0.735. The molecule has 0 bridgehead atoms. The summed E-state index contributed by atoms with van der Waals surface area (Å²) in [6, 6.07) is 5.91. The van der Waals surface area contributed by atoms with Gasteiger partial charge in [0.2, 0.25) is 0 Å². The number of hydrogen-bond donors (Lipinski definition) is 1. The van der Waals surface area contributed by atoms with Crippen molar-refractivity contribution in [2.45, 2.75) is 26.2 Å². The molecular weight excluding hydrogens is 214 g/mol. The fraction of sp³-hybridized carbons (Fsp3) is 0.538. The third-order valence-electron chi connectivity index (χ3n) is 2.53. The molecule has 0 unspecified atom stereocenters. The molecule has 1 N–H and O–H groups in total. The third kappa shape index (κ3) is 4.83. The Bertz CT molecular complexity index is 385. The molecule has 0 amide bonds. The molecule has 0 radical (unpaired) electrons. The van der Waals surface area contributed by atoms with Crippen molar-refractivity contribution in [1.82, 2.24) is 4.98 Å². The fourth-order valence-corrected chi connectivity index (χ4v) is 1.51. The van der Waals surface area contributed by atoms with Crippen LogP contribution < -0.4 is 5.32 Å². The summed E-state index contributed by atoms with van der Waals surface area (Å²) in [5.74, 6) is 0.777. The molecule has 17 heavy (non-hydrogen) atoms. The van der Waals surface area contributed by atoms with E-state index in [0.29, 0.717) is 5.69 Å². The maximum absolute atomic E-state index is 8.86. The van der Waals surface area contributed by atoms with E-state index in [1.165, 1.54) is 0 Å². The number of nitriles is 1. The zero-order chi connectivity index (χ0) is 12.5. The number of aromatic nitrogens is 1. The van der Waals surface area contributed by atoms with Crippen LogP contribution in [0.15, 0.2) is 12.1 Å². The number of anilines is 1. The predicted molar refractivity (Wildman–Crippen MR) is 67.9 cm³/mol. The van der Waals surface area contributed by atoms with Crippen LogP contribution in [0.25, 0.3) is 0 Å². The van der Waals surface area contributed by atoms with Crippen molar-refractivity contribution in [3.8, 4) is 6.07 Å². The van der Waals surface area contributed by atoms with Crippen molar-refractivity contribution < 1.29 is 4.74 Å².